The highest BCUT2D eigenvalue weighted by Crippen LogP contribution is 2.27. The van der Waals surface area contributed by atoms with Crippen LogP contribution >= 0.6 is 0 Å². The first-order valence-electron chi connectivity index (χ1n) is 10.2. The van der Waals surface area contributed by atoms with Crippen molar-refractivity contribution in [2.45, 2.75) is 26.3 Å². The number of halogens is 2. The molecule has 0 saturated heterocycles. The second-order valence-corrected chi connectivity index (χ2v) is 7.22. The standard InChI is InChI=1S/C25H24F2N2O3/c1-3-5-24(30)29-18-7-4-6-16(12-18)15-28-25(31)21-10-8-17(13-22(21)26)20-11-9-19(32-2)14-23(20)27/h4,6-14H,3,5,15H2,1-2H3,(H,28,31)(H,29,30). The highest BCUT2D eigenvalue weighted by Gasteiger charge is 2.15. The molecule has 0 unspecified atom stereocenters. The Bertz CT molecular complexity index is 1130. The van der Waals surface area contributed by atoms with E-state index in [2.05, 4.69) is 10.6 Å². The SMILES string of the molecule is CCCC(=O)Nc1cccc(CNC(=O)c2ccc(-c3ccc(OC)cc3F)cc2F)c1. The molecule has 0 radical (unpaired) electrons. The van der Waals surface area contributed by atoms with Crippen molar-refractivity contribution in [1.82, 2.24) is 5.32 Å². The summed E-state index contributed by atoms with van der Waals surface area (Å²) in [7, 11) is 1.43. The second kappa shape index (κ2) is 10.5. The van der Waals surface area contributed by atoms with E-state index in [1.807, 2.05) is 6.92 Å². The number of rotatable bonds is 8. The largest absolute Gasteiger partial charge is 0.497 e. The van der Waals surface area contributed by atoms with Crippen molar-refractivity contribution in [3.05, 3.63) is 83.4 Å². The van der Waals surface area contributed by atoms with Crippen molar-refractivity contribution in [3.8, 4) is 16.9 Å². The summed E-state index contributed by atoms with van der Waals surface area (Å²) in [6.45, 7) is 2.08. The molecule has 0 spiro atoms. The van der Waals surface area contributed by atoms with Gasteiger partial charge in [-0.3, -0.25) is 9.59 Å². The van der Waals surface area contributed by atoms with Gasteiger partial charge in [0.25, 0.3) is 5.91 Å². The maximum atomic E-state index is 14.6. The zero-order chi connectivity index (χ0) is 23.1. The average Bonchev–Trinajstić information content (AvgIpc) is 2.77. The number of carbonyl (C=O) groups is 2. The van der Waals surface area contributed by atoms with Gasteiger partial charge in [0, 0.05) is 30.3 Å². The van der Waals surface area contributed by atoms with Gasteiger partial charge in [-0.25, -0.2) is 8.78 Å². The molecule has 3 aromatic carbocycles. The lowest BCUT2D eigenvalue weighted by Gasteiger charge is -2.10. The molecule has 3 rings (SSSR count). The van der Waals surface area contributed by atoms with Crippen LogP contribution in [0.2, 0.25) is 0 Å². The van der Waals surface area contributed by atoms with Crippen molar-refractivity contribution in [1.29, 1.82) is 0 Å². The fourth-order valence-corrected chi connectivity index (χ4v) is 3.21. The predicted molar refractivity (Wildman–Crippen MR) is 119 cm³/mol. The summed E-state index contributed by atoms with van der Waals surface area (Å²) in [6, 6.07) is 15.3. The molecule has 0 saturated carbocycles. The van der Waals surface area contributed by atoms with Crippen LogP contribution in [-0.2, 0) is 11.3 Å². The third-order valence-electron chi connectivity index (χ3n) is 4.84. The van der Waals surface area contributed by atoms with Crippen LogP contribution in [-0.4, -0.2) is 18.9 Å². The Labute approximate surface area is 185 Å². The van der Waals surface area contributed by atoms with E-state index in [-0.39, 0.29) is 23.6 Å². The lowest BCUT2D eigenvalue weighted by Crippen LogP contribution is -2.24. The normalized spacial score (nSPS) is 10.5. The molecular weight excluding hydrogens is 414 g/mol. The van der Waals surface area contributed by atoms with E-state index in [4.69, 9.17) is 4.74 Å². The molecular formula is C25H24F2N2O3. The highest BCUT2D eigenvalue weighted by molar-refractivity contribution is 5.95. The van der Waals surface area contributed by atoms with Crippen molar-refractivity contribution in [3.63, 3.8) is 0 Å². The Kier molecular flexibility index (Phi) is 7.54. The quantitative estimate of drug-likeness (QED) is 0.501. The van der Waals surface area contributed by atoms with Gasteiger partial charge in [0.05, 0.1) is 12.7 Å². The minimum Gasteiger partial charge on any atom is -0.497 e. The number of anilines is 1. The first kappa shape index (κ1) is 22.9. The molecule has 7 heteroatoms. The zero-order valence-electron chi connectivity index (χ0n) is 17.9. The number of carbonyl (C=O) groups excluding carboxylic acids is 2. The molecule has 166 valence electrons. The Balaban J connectivity index is 1.68. The summed E-state index contributed by atoms with van der Waals surface area (Å²) < 4.78 is 33.9. The van der Waals surface area contributed by atoms with Crippen LogP contribution in [0.15, 0.2) is 60.7 Å². The molecule has 0 fully saturated rings. The van der Waals surface area contributed by atoms with Gasteiger partial charge in [-0.05, 0) is 53.9 Å². The Morgan fingerprint density at radius 2 is 1.78 bits per heavy atom. The summed E-state index contributed by atoms with van der Waals surface area (Å²) in [5.41, 5.74) is 1.76. The molecule has 0 aromatic heterocycles. The van der Waals surface area contributed by atoms with Gasteiger partial charge in [-0.1, -0.05) is 25.1 Å². The fraction of sp³-hybridized carbons (Fsp3) is 0.200. The predicted octanol–water partition coefficient (Wildman–Crippen LogP) is 5.31. The minimum absolute atomic E-state index is 0.0795. The van der Waals surface area contributed by atoms with Crippen LogP contribution in [0.3, 0.4) is 0 Å². The molecule has 0 aliphatic carbocycles. The van der Waals surface area contributed by atoms with E-state index in [1.165, 1.54) is 31.4 Å². The topological polar surface area (TPSA) is 67.4 Å². The number of ether oxygens (including phenoxy) is 1. The van der Waals surface area contributed by atoms with Crippen LogP contribution in [0, 0.1) is 11.6 Å². The smallest absolute Gasteiger partial charge is 0.254 e. The van der Waals surface area contributed by atoms with Crippen molar-refractivity contribution in [2.24, 2.45) is 0 Å². The Morgan fingerprint density at radius 3 is 2.47 bits per heavy atom. The molecule has 0 bridgehead atoms. The minimum atomic E-state index is -0.754. The lowest BCUT2D eigenvalue weighted by atomic mass is 10.0. The Morgan fingerprint density at radius 1 is 0.969 bits per heavy atom. The number of hydrogen-bond acceptors (Lipinski definition) is 3. The molecule has 0 heterocycles. The summed E-state index contributed by atoms with van der Waals surface area (Å²) in [4.78, 5) is 24.2. The van der Waals surface area contributed by atoms with Crippen molar-refractivity contribution < 1.29 is 23.1 Å². The lowest BCUT2D eigenvalue weighted by molar-refractivity contribution is -0.116. The summed E-state index contributed by atoms with van der Waals surface area (Å²) in [6.07, 6.45) is 1.17. The van der Waals surface area contributed by atoms with E-state index >= 15 is 0 Å². The third kappa shape index (κ3) is 5.69. The molecule has 5 nitrogen and oxygen atoms in total. The monoisotopic (exact) mass is 438 g/mol. The van der Waals surface area contributed by atoms with Crippen LogP contribution in [0.1, 0.15) is 35.7 Å². The maximum absolute atomic E-state index is 14.6. The molecule has 32 heavy (non-hydrogen) atoms. The van der Waals surface area contributed by atoms with Gasteiger partial charge >= 0.3 is 0 Å². The van der Waals surface area contributed by atoms with Crippen LogP contribution in [0.5, 0.6) is 5.75 Å². The first-order valence-corrected chi connectivity index (χ1v) is 10.2. The average molecular weight is 438 g/mol. The molecule has 3 aromatic rings. The maximum Gasteiger partial charge on any atom is 0.254 e. The van der Waals surface area contributed by atoms with Crippen LogP contribution in [0.4, 0.5) is 14.5 Å². The molecule has 0 atom stereocenters. The highest BCUT2D eigenvalue weighted by atomic mass is 19.1. The summed E-state index contributed by atoms with van der Waals surface area (Å²) in [5, 5.41) is 5.46. The van der Waals surface area contributed by atoms with E-state index in [1.54, 1.807) is 30.3 Å². The summed E-state index contributed by atoms with van der Waals surface area (Å²) in [5.74, 6) is -1.62. The van der Waals surface area contributed by atoms with Crippen molar-refractivity contribution >= 4 is 17.5 Å². The molecule has 2 N–H and O–H groups in total. The van der Waals surface area contributed by atoms with Crippen LogP contribution < -0.4 is 15.4 Å². The third-order valence-corrected chi connectivity index (χ3v) is 4.84. The van der Waals surface area contributed by atoms with Crippen LogP contribution in [0.25, 0.3) is 11.1 Å². The number of methoxy groups -OCH3 is 1. The molecule has 0 aliphatic heterocycles. The van der Waals surface area contributed by atoms with Crippen molar-refractivity contribution in [2.75, 3.05) is 12.4 Å². The summed E-state index contributed by atoms with van der Waals surface area (Å²) >= 11 is 0. The first-order chi connectivity index (χ1) is 15.4. The fourth-order valence-electron chi connectivity index (χ4n) is 3.21. The molecule has 2 amide bonds. The van der Waals surface area contributed by atoms with Gasteiger partial charge in [-0.2, -0.15) is 0 Å². The molecule has 0 aliphatic rings. The van der Waals surface area contributed by atoms with Gasteiger partial charge in [0.2, 0.25) is 5.91 Å². The number of amides is 2. The van der Waals surface area contributed by atoms with E-state index in [9.17, 15) is 18.4 Å². The number of benzene rings is 3. The second-order valence-electron chi connectivity index (χ2n) is 7.22. The van der Waals surface area contributed by atoms with Gasteiger partial charge in [0.1, 0.15) is 17.4 Å². The van der Waals surface area contributed by atoms with E-state index in [0.717, 1.165) is 18.1 Å². The Hall–Kier alpha value is -3.74. The van der Waals surface area contributed by atoms with E-state index < -0.39 is 17.5 Å². The van der Waals surface area contributed by atoms with Gasteiger partial charge in [-0.15, -0.1) is 0 Å². The number of hydrogen-bond donors (Lipinski definition) is 2. The number of nitrogens with one attached hydrogen (secondary N) is 2. The van der Waals surface area contributed by atoms with Gasteiger partial charge in [0.15, 0.2) is 0 Å². The zero-order valence-corrected chi connectivity index (χ0v) is 17.9. The van der Waals surface area contributed by atoms with Gasteiger partial charge < -0.3 is 15.4 Å². The van der Waals surface area contributed by atoms with E-state index in [0.29, 0.717) is 23.4 Å².